The second-order valence-corrected chi connectivity index (χ2v) is 8.37. The van der Waals surface area contributed by atoms with Gasteiger partial charge in [0, 0.05) is 19.0 Å². The fourth-order valence-electron chi connectivity index (χ4n) is 3.18. The Morgan fingerprint density at radius 2 is 1.84 bits per heavy atom. The van der Waals surface area contributed by atoms with E-state index in [0.29, 0.717) is 29.7 Å². The lowest BCUT2D eigenvalue weighted by Crippen LogP contribution is -2.45. The van der Waals surface area contributed by atoms with Crippen molar-refractivity contribution in [2.45, 2.75) is 44.9 Å². The smallest absolute Gasteiger partial charge is 0.214 e. The first-order chi connectivity index (χ1) is 8.99. The molecule has 6 heteroatoms. The Labute approximate surface area is 121 Å². The molecular formula is C13H24N2O2S2. The number of piperidine rings is 1. The zero-order valence-corrected chi connectivity index (χ0v) is 13.0. The summed E-state index contributed by atoms with van der Waals surface area (Å²) in [5, 5.41) is 0. The predicted molar refractivity (Wildman–Crippen MR) is 81.4 cm³/mol. The first-order valence-electron chi connectivity index (χ1n) is 7.26. The fourth-order valence-corrected chi connectivity index (χ4v) is 5.33. The van der Waals surface area contributed by atoms with Crippen LogP contribution < -0.4 is 5.73 Å². The molecule has 1 aliphatic heterocycles. The number of nitrogens with two attached hydrogens (primary N) is 1. The highest BCUT2D eigenvalue weighted by atomic mass is 32.2. The fraction of sp³-hybridized carbons (Fsp3) is 0.923. The van der Waals surface area contributed by atoms with E-state index in [1.165, 1.54) is 19.3 Å². The van der Waals surface area contributed by atoms with Crippen LogP contribution in [0.3, 0.4) is 0 Å². The number of thiocarbonyl (C=S) groups is 1. The predicted octanol–water partition coefficient (Wildman–Crippen LogP) is 1.89. The molecule has 0 aromatic carbocycles. The Bertz CT molecular complexity index is 416. The normalized spacial score (nSPS) is 27.3. The molecule has 1 unspecified atom stereocenters. The van der Waals surface area contributed by atoms with Crippen LogP contribution >= 0.6 is 12.2 Å². The third kappa shape index (κ3) is 4.13. The summed E-state index contributed by atoms with van der Waals surface area (Å²) in [5.41, 5.74) is 5.67. The molecule has 0 radical (unpaired) electrons. The minimum atomic E-state index is -3.13. The number of hydrogen-bond acceptors (Lipinski definition) is 3. The van der Waals surface area contributed by atoms with Gasteiger partial charge in [0.2, 0.25) is 10.0 Å². The molecule has 1 saturated carbocycles. The van der Waals surface area contributed by atoms with Crippen LogP contribution in [0.5, 0.6) is 0 Å². The summed E-state index contributed by atoms with van der Waals surface area (Å²) in [7, 11) is -3.13. The third-order valence-electron chi connectivity index (χ3n) is 4.35. The van der Waals surface area contributed by atoms with E-state index < -0.39 is 10.0 Å². The second kappa shape index (κ2) is 6.50. The maximum Gasteiger partial charge on any atom is 0.214 e. The number of sulfonamides is 1. The van der Waals surface area contributed by atoms with Gasteiger partial charge in [0.25, 0.3) is 0 Å². The molecule has 2 fully saturated rings. The Hall–Kier alpha value is -0.200. The first kappa shape index (κ1) is 15.2. The van der Waals surface area contributed by atoms with Crippen LogP contribution in [0.2, 0.25) is 0 Å². The van der Waals surface area contributed by atoms with Gasteiger partial charge in [-0.05, 0) is 31.6 Å². The zero-order chi connectivity index (χ0) is 13.9. The maximum atomic E-state index is 12.5. The van der Waals surface area contributed by atoms with Crippen LogP contribution in [0.25, 0.3) is 0 Å². The van der Waals surface area contributed by atoms with E-state index in [2.05, 4.69) is 0 Å². The molecule has 1 heterocycles. The minimum absolute atomic E-state index is 0.0601. The lowest BCUT2D eigenvalue weighted by molar-refractivity contribution is 0.305. The molecule has 1 atom stereocenters. The van der Waals surface area contributed by atoms with Crippen LogP contribution in [-0.4, -0.2) is 36.6 Å². The average Bonchev–Trinajstić information content (AvgIpc) is 2.39. The van der Waals surface area contributed by atoms with Crippen molar-refractivity contribution in [1.29, 1.82) is 0 Å². The van der Waals surface area contributed by atoms with Crippen LogP contribution in [0, 0.1) is 11.8 Å². The standard InChI is InChI=1S/C13H24N2O2S2/c14-13(18)12-7-4-8-15(9-12)19(16,17)10-11-5-2-1-3-6-11/h11-12H,1-10H2,(H2,14,18). The quantitative estimate of drug-likeness (QED) is 0.806. The van der Waals surface area contributed by atoms with Crippen molar-refractivity contribution in [2.24, 2.45) is 17.6 Å². The largest absolute Gasteiger partial charge is 0.393 e. The van der Waals surface area contributed by atoms with Gasteiger partial charge < -0.3 is 5.73 Å². The van der Waals surface area contributed by atoms with E-state index in [1.807, 2.05) is 0 Å². The Morgan fingerprint density at radius 3 is 2.47 bits per heavy atom. The van der Waals surface area contributed by atoms with Crippen molar-refractivity contribution in [3.05, 3.63) is 0 Å². The molecule has 1 saturated heterocycles. The van der Waals surface area contributed by atoms with Crippen LogP contribution in [0.15, 0.2) is 0 Å². The van der Waals surface area contributed by atoms with Gasteiger partial charge in [-0.15, -0.1) is 0 Å². The molecule has 1 aliphatic carbocycles. The van der Waals surface area contributed by atoms with Crippen molar-refractivity contribution in [1.82, 2.24) is 4.31 Å². The Balaban J connectivity index is 1.96. The third-order valence-corrected chi connectivity index (χ3v) is 6.70. The maximum absolute atomic E-state index is 12.5. The first-order valence-corrected chi connectivity index (χ1v) is 9.28. The molecule has 0 aromatic heterocycles. The Kier molecular flexibility index (Phi) is 5.20. The molecular weight excluding hydrogens is 280 g/mol. The van der Waals surface area contributed by atoms with E-state index in [9.17, 15) is 8.42 Å². The average molecular weight is 304 g/mol. The zero-order valence-electron chi connectivity index (χ0n) is 11.4. The lowest BCUT2D eigenvalue weighted by atomic mass is 9.91. The van der Waals surface area contributed by atoms with Crippen LogP contribution in [0.4, 0.5) is 0 Å². The summed E-state index contributed by atoms with van der Waals surface area (Å²) < 4.78 is 26.5. The molecule has 19 heavy (non-hydrogen) atoms. The SMILES string of the molecule is NC(=S)C1CCCN(S(=O)(=O)CC2CCCCC2)C1. The van der Waals surface area contributed by atoms with Gasteiger partial charge in [-0.3, -0.25) is 0 Å². The van der Waals surface area contributed by atoms with Crippen molar-refractivity contribution >= 4 is 27.2 Å². The van der Waals surface area contributed by atoms with Crippen molar-refractivity contribution in [2.75, 3.05) is 18.8 Å². The number of hydrogen-bond donors (Lipinski definition) is 1. The molecule has 0 aromatic rings. The van der Waals surface area contributed by atoms with Crippen LogP contribution in [-0.2, 0) is 10.0 Å². The molecule has 2 rings (SSSR count). The molecule has 4 nitrogen and oxygen atoms in total. The number of rotatable bonds is 4. The summed E-state index contributed by atoms with van der Waals surface area (Å²) in [5.74, 6) is 0.727. The summed E-state index contributed by atoms with van der Waals surface area (Å²) in [6.45, 7) is 1.12. The second-order valence-electron chi connectivity index (χ2n) is 5.88. The van der Waals surface area contributed by atoms with Gasteiger partial charge in [-0.25, -0.2) is 12.7 Å². The number of nitrogens with zero attached hydrogens (tertiary/aromatic N) is 1. The van der Waals surface area contributed by atoms with Gasteiger partial charge in [0.15, 0.2) is 0 Å². The van der Waals surface area contributed by atoms with E-state index >= 15 is 0 Å². The van der Waals surface area contributed by atoms with Gasteiger partial charge in [-0.1, -0.05) is 31.5 Å². The molecule has 0 spiro atoms. The van der Waals surface area contributed by atoms with Crippen molar-refractivity contribution < 1.29 is 8.42 Å². The highest BCUT2D eigenvalue weighted by Gasteiger charge is 2.32. The summed E-state index contributed by atoms with van der Waals surface area (Å²) in [6.07, 6.45) is 7.52. The summed E-state index contributed by atoms with van der Waals surface area (Å²) in [6, 6.07) is 0. The summed E-state index contributed by atoms with van der Waals surface area (Å²) in [4.78, 5) is 0.456. The van der Waals surface area contributed by atoms with Gasteiger partial charge in [-0.2, -0.15) is 0 Å². The highest BCUT2D eigenvalue weighted by molar-refractivity contribution is 7.89. The van der Waals surface area contributed by atoms with Gasteiger partial charge >= 0.3 is 0 Å². The summed E-state index contributed by atoms with van der Waals surface area (Å²) >= 11 is 5.01. The van der Waals surface area contributed by atoms with Gasteiger partial charge in [0.1, 0.15) is 0 Å². The topological polar surface area (TPSA) is 63.4 Å². The highest BCUT2D eigenvalue weighted by Crippen LogP contribution is 2.27. The molecule has 110 valence electrons. The van der Waals surface area contributed by atoms with E-state index in [1.54, 1.807) is 4.31 Å². The Morgan fingerprint density at radius 1 is 1.16 bits per heavy atom. The van der Waals surface area contributed by atoms with E-state index in [-0.39, 0.29) is 5.92 Å². The molecule has 0 amide bonds. The van der Waals surface area contributed by atoms with E-state index in [4.69, 9.17) is 18.0 Å². The monoisotopic (exact) mass is 304 g/mol. The molecule has 2 aliphatic rings. The van der Waals surface area contributed by atoms with Crippen molar-refractivity contribution in [3.63, 3.8) is 0 Å². The van der Waals surface area contributed by atoms with E-state index in [0.717, 1.165) is 25.7 Å². The van der Waals surface area contributed by atoms with Crippen molar-refractivity contribution in [3.8, 4) is 0 Å². The minimum Gasteiger partial charge on any atom is -0.393 e. The van der Waals surface area contributed by atoms with Gasteiger partial charge in [0.05, 0.1) is 10.7 Å². The molecule has 2 N–H and O–H groups in total. The lowest BCUT2D eigenvalue weighted by Gasteiger charge is -2.33. The molecule has 0 bridgehead atoms. The van der Waals surface area contributed by atoms with Crippen LogP contribution in [0.1, 0.15) is 44.9 Å².